The van der Waals surface area contributed by atoms with Gasteiger partial charge in [-0.05, 0) is 31.8 Å². The van der Waals surface area contributed by atoms with Gasteiger partial charge in [0.15, 0.2) is 17.5 Å². The van der Waals surface area contributed by atoms with Crippen LogP contribution in [0.4, 0.5) is 13.2 Å². The van der Waals surface area contributed by atoms with E-state index in [1.165, 1.54) is 4.90 Å². The van der Waals surface area contributed by atoms with Gasteiger partial charge in [-0.1, -0.05) is 0 Å². The lowest BCUT2D eigenvalue weighted by molar-refractivity contribution is 0.353. The summed E-state index contributed by atoms with van der Waals surface area (Å²) in [5.74, 6) is -4.09. The molecule has 80 valence electrons. The summed E-state index contributed by atoms with van der Waals surface area (Å²) < 4.78 is 38.3. The van der Waals surface area contributed by atoms with Crippen molar-refractivity contribution in [2.75, 3.05) is 14.1 Å². The zero-order chi connectivity index (χ0) is 11.6. The van der Waals surface area contributed by atoms with Gasteiger partial charge in [0.2, 0.25) is 0 Å². The summed E-state index contributed by atoms with van der Waals surface area (Å²) in [5, 5.41) is 8.77. The molecule has 0 aliphatic rings. The molecule has 0 heterocycles. The third kappa shape index (κ3) is 2.28. The van der Waals surface area contributed by atoms with Gasteiger partial charge in [0, 0.05) is 0 Å². The first kappa shape index (κ1) is 11.5. The molecule has 15 heavy (non-hydrogen) atoms. The van der Waals surface area contributed by atoms with E-state index in [0.29, 0.717) is 0 Å². The quantitative estimate of drug-likeness (QED) is 0.706. The fraction of sp³-hybridized carbons (Fsp3) is 0.300. The molecule has 0 N–H and O–H groups in total. The average Bonchev–Trinajstić information content (AvgIpc) is 2.14. The number of hydrogen-bond acceptors (Lipinski definition) is 2. The lowest BCUT2D eigenvalue weighted by atomic mass is 10.1. The van der Waals surface area contributed by atoms with Gasteiger partial charge in [0.05, 0.1) is 6.07 Å². The molecule has 0 spiro atoms. The monoisotopic (exact) mass is 214 g/mol. The van der Waals surface area contributed by atoms with Crippen LogP contribution in [-0.2, 0) is 0 Å². The van der Waals surface area contributed by atoms with E-state index >= 15 is 0 Å². The summed E-state index contributed by atoms with van der Waals surface area (Å²) in [6, 6.07) is 2.72. The Balaban J connectivity index is 3.22. The molecule has 0 aromatic heterocycles. The Morgan fingerprint density at radius 1 is 1.20 bits per heavy atom. The zero-order valence-electron chi connectivity index (χ0n) is 8.26. The van der Waals surface area contributed by atoms with Crippen LogP contribution in [0.15, 0.2) is 12.1 Å². The van der Waals surface area contributed by atoms with Gasteiger partial charge in [-0.2, -0.15) is 5.26 Å². The second-order valence-corrected chi connectivity index (χ2v) is 3.29. The van der Waals surface area contributed by atoms with Crippen LogP contribution >= 0.6 is 0 Å². The highest BCUT2D eigenvalue weighted by atomic mass is 19.2. The second kappa shape index (κ2) is 4.32. The van der Waals surface area contributed by atoms with E-state index in [1.54, 1.807) is 14.1 Å². The van der Waals surface area contributed by atoms with Crippen LogP contribution in [-0.4, -0.2) is 19.0 Å². The SMILES string of the molecule is CN(C)[C@H](C#N)c1cc(F)c(F)c(F)c1. The van der Waals surface area contributed by atoms with E-state index in [0.717, 1.165) is 12.1 Å². The van der Waals surface area contributed by atoms with E-state index < -0.39 is 23.5 Å². The van der Waals surface area contributed by atoms with Crippen molar-refractivity contribution in [1.29, 1.82) is 5.26 Å². The molecule has 1 aromatic rings. The number of nitriles is 1. The molecule has 0 fully saturated rings. The van der Waals surface area contributed by atoms with Crippen LogP contribution in [0.3, 0.4) is 0 Å². The van der Waals surface area contributed by atoms with Crippen molar-refractivity contribution in [3.05, 3.63) is 35.1 Å². The Morgan fingerprint density at radius 2 is 1.67 bits per heavy atom. The Labute approximate surface area is 85.5 Å². The molecule has 1 aromatic carbocycles. The van der Waals surface area contributed by atoms with Crippen molar-refractivity contribution in [1.82, 2.24) is 4.90 Å². The van der Waals surface area contributed by atoms with Crippen molar-refractivity contribution >= 4 is 0 Å². The summed E-state index contributed by atoms with van der Waals surface area (Å²) in [6.07, 6.45) is 0. The average molecular weight is 214 g/mol. The molecule has 0 saturated carbocycles. The maximum absolute atomic E-state index is 12.9. The lowest BCUT2D eigenvalue weighted by Crippen LogP contribution is -2.18. The normalized spacial score (nSPS) is 12.6. The molecule has 2 nitrogen and oxygen atoms in total. The van der Waals surface area contributed by atoms with Crippen LogP contribution in [0, 0.1) is 28.8 Å². The van der Waals surface area contributed by atoms with Crippen LogP contribution in [0.1, 0.15) is 11.6 Å². The van der Waals surface area contributed by atoms with Gasteiger partial charge < -0.3 is 0 Å². The van der Waals surface area contributed by atoms with Gasteiger partial charge in [-0.15, -0.1) is 0 Å². The highest BCUT2D eigenvalue weighted by Crippen LogP contribution is 2.21. The van der Waals surface area contributed by atoms with Crippen LogP contribution in [0.2, 0.25) is 0 Å². The lowest BCUT2D eigenvalue weighted by Gasteiger charge is -2.17. The summed E-state index contributed by atoms with van der Waals surface area (Å²) in [4.78, 5) is 1.48. The minimum Gasteiger partial charge on any atom is -0.291 e. The van der Waals surface area contributed by atoms with Crippen molar-refractivity contribution in [2.45, 2.75) is 6.04 Å². The molecule has 0 aliphatic carbocycles. The van der Waals surface area contributed by atoms with E-state index in [-0.39, 0.29) is 5.56 Å². The third-order valence-corrected chi connectivity index (χ3v) is 1.96. The molecule has 0 bridgehead atoms. The molecule has 5 heteroatoms. The minimum atomic E-state index is -1.52. The van der Waals surface area contributed by atoms with Crippen molar-refractivity contribution in [3.8, 4) is 6.07 Å². The van der Waals surface area contributed by atoms with Crippen LogP contribution in [0.25, 0.3) is 0 Å². The molecule has 0 amide bonds. The summed E-state index contributed by atoms with van der Waals surface area (Å²) in [5.41, 5.74) is 0.0962. The van der Waals surface area contributed by atoms with Gasteiger partial charge in [-0.25, -0.2) is 13.2 Å². The number of hydrogen-bond donors (Lipinski definition) is 0. The van der Waals surface area contributed by atoms with E-state index in [4.69, 9.17) is 5.26 Å². The largest absolute Gasteiger partial charge is 0.291 e. The Morgan fingerprint density at radius 3 is 2.00 bits per heavy atom. The van der Waals surface area contributed by atoms with E-state index in [9.17, 15) is 13.2 Å². The predicted molar refractivity (Wildman–Crippen MR) is 48.4 cm³/mol. The van der Waals surface area contributed by atoms with Gasteiger partial charge in [-0.3, -0.25) is 4.90 Å². The van der Waals surface area contributed by atoms with E-state index in [1.807, 2.05) is 6.07 Å². The van der Waals surface area contributed by atoms with Crippen LogP contribution in [0.5, 0.6) is 0 Å². The Hall–Kier alpha value is -1.54. The third-order valence-electron chi connectivity index (χ3n) is 1.96. The number of nitrogens with zero attached hydrogens (tertiary/aromatic N) is 2. The zero-order valence-corrected chi connectivity index (χ0v) is 8.26. The molecule has 1 atom stereocenters. The maximum atomic E-state index is 12.9. The van der Waals surface area contributed by atoms with Gasteiger partial charge >= 0.3 is 0 Å². The summed E-state index contributed by atoms with van der Waals surface area (Å²) in [7, 11) is 3.18. The molecule has 1 rings (SSSR count). The van der Waals surface area contributed by atoms with Gasteiger partial charge in [0.1, 0.15) is 6.04 Å². The summed E-state index contributed by atoms with van der Waals surface area (Å²) in [6.45, 7) is 0. The first-order valence-electron chi connectivity index (χ1n) is 4.18. The summed E-state index contributed by atoms with van der Waals surface area (Å²) >= 11 is 0. The topological polar surface area (TPSA) is 27.0 Å². The first-order valence-corrected chi connectivity index (χ1v) is 4.18. The van der Waals surface area contributed by atoms with Crippen molar-refractivity contribution in [2.24, 2.45) is 0 Å². The number of rotatable bonds is 2. The van der Waals surface area contributed by atoms with Crippen molar-refractivity contribution in [3.63, 3.8) is 0 Å². The number of halogens is 3. The standard InChI is InChI=1S/C10H9F3N2/c1-15(2)9(5-14)6-3-7(11)10(13)8(12)4-6/h3-4,9H,1-2H3/t9-/m1/s1. The number of benzene rings is 1. The van der Waals surface area contributed by atoms with Gasteiger partial charge in [0.25, 0.3) is 0 Å². The minimum absolute atomic E-state index is 0.0962. The molecule has 0 saturated heterocycles. The first-order chi connectivity index (χ1) is 6.97. The Kier molecular flexibility index (Phi) is 3.32. The molecular formula is C10H9F3N2. The fourth-order valence-electron chi connectivity index (χ4n) is 1.22. The molecule has 0 aliphatic heterocycles. The predicted octanol–water partition coefficient (Wildman–Crippen LogP) is 2.23. The highest BCUT2D eigenvalue weighted by molar-refractivity contribution is 5.26. The second-order valence-electron chi connectivity index (χ2n) is 3.29. The van der Waals surface area contributed by atoms with E-state index in [2.05, 4.69) is 0 Å². The van der Waals surface area contributed by atoms with Crippen molar-refractivity contribution < 1.29 is 13.2 Å². The molecule has 0 radical (unpaired) electrons. The maximum Gasteiger partial charge on any atom is 0.194 e. The molecule has 0 unspecified atom stereocenters. The smallest absolute Gasteiger partial charge is 0.194 e. The molecular weight excluding hydrogens is 205 g/mol. The van der Waals surface area contributed by atoms with Crippen LogP contribution < -0.4 is 0 Å². The fourth-order valence-corrected chi connectivity index (χ4v) is 1.22. The highest BCUT2D eigenvalue weighted by Gasteiger charge is 2.18. The Bertz CT molecular complexity index is 387.